The summed E-state index contributed by atoms with van der Waals surface area (Å²) in [5.41, 5.74) is 1.61. The minimum absolute atomic E-state index is 0.0655. The molecule has 0 aliphatic heterocycles. The second-order valence-electron chi connectivity index (χ2n) is 7.88. The molecule has 0 radical (unpaired) electrons. The van der Waals surface area contributed by atoms with Crippen LogP contribution in [0.5, 0.6) is 0 Å². The van der Waals surface area contributed by atoms with Crippen LogP contribution in [-0.4, -0.2) is 44.0 Å². The van der Waals surface area contributed by atoms with E-state index < -0.39 is 5.82 Å². The molecule has 3 aromatic heterocycles. The Bertz CT molecular complexity index is 1110. The molecule has 3 saturated carbocycles. The van der Waals surface area contributed by atoms with Gasteiger partial charge in [-0.05, 0) is 37.5 Å². The maximum Gasteiger partial charge on any atom is 0.311 e. The predicted molar refractivity (Wildman–Crippen MR) is 108 cm³/mol. The van der Waals surface area contributed by atoms with Crippen LogP contribution in [0.2, 0.25) is 5.15 Å². The highest BCUT2D eigenvalue weighted by Gasteiger charge is 2.48. The fourth-order valence-electron chi connectivity index (χ4n) is 4.93. The summed E-state index contributed by atoms with van der Waals surface area (Å²) in [6.45, 7) is 0. The number of halogens is 2. The number of H-pyrrole nitrogens is 1. The number of hydrogen-bond acceptors (Lipinski definition) is 7. The molecule has 2 N–H and O–H groups in total. The van der Waals surface area contributed by atoms with Crippen molar-refractivity contribution in [3.8, 4) is 11.4 Å². The van der Waals surface area contributed by atoms with Crippen molar-refractivity contribution in [2.75, 3.05) is 12.4 Å². The van der Waals surface area contributed by atoms with Crippen LogP contribution in [0, 0.1) is 23.6 Å². The van der Waals surface area contributed by atoms with Gasteiger partial charge in [-0.15, -0.1) is 0 Å². The number of carbonyl (C=O) groups is 1. The summed E-state index contributed by atoms with van der Waals surface area (Å²) < 4.78 is 19.7. The van der Waals surface area contributed by atoms with E-state index >= 15 is 0 Å². The van der Waals surface area contributed by atoms with Gasteiger partial charge in [0.2, 0.25) is 0 Å². The number of fused-ring (bicyclic) bond motifs is 4. The summed E-state index contributed by atoms with van der Waals surface area (Å²) in [5, 5.41) is 3.45. The molecule has 3 aliphatic rings. The lowest BCUT2D eigenvalue weighted by Gasteiger charge is -2.47. The fourth-order valence-corrected chi connectivity index (χ4v) is 5.06. The lowest BCUT2D eigenvalue weighted by Crippen LogP contribution is -2.52. The number of aromatic nitrogens is 5. The third-order valence-electron chi connectivity index (χ3n) is 6.33. The fraction of sp³-hybridized carbons (Fsp3) is 0.450. The first kappa shape index (κ1) is 19.2. The van der Waals surface area contributed by atoms with Gasteiger partial charge in [0.1, 0.15) is 10.7 Å². The summed E-state index contributed by atoms with van der Waals surface area (Å²) in [4.78, 5) is 32.4. The van der Waals surface area contributed by atoms with E-state index in [1.165, 1.54) is 13.3 Å². The smallest absolute Gasteiger partial charge is 0.311 e. The number of methoxy groups -OCH3 is 1. The molecule has 2 atom stereocenters. The zero-order valence-electron chi connectivity index (χ0n) is 16.2. The van der Waals surface area contributed by atoms with E-state index in [9.17, 15) is 9.18 Å². The van der Waals surface area contributed by atoms with Gasteiger partial charge in [0.25, 0.3) is 0 Å². The molecule has 3 fully saturated rings. The van der Waals surface area contributed by atoms with Gasteiger partial charge in [-0.2, -0.15) is 0 Å². The van der Waals surface area contributed by atoms with Crippen molar-refractivity contribution >= 4 is 34.6 Å². The average molecular weight is 431 g/mol. The quantitative estimate of drug-likeness (QED) is 0.609. The zero-order valence-corrected chi connectivity index (χ0v) is 17.0. The molecule has 30 heavy (non-hydrogen) atoms. The van der Waals surface area contributed by atoms with Crippen LogP contribution in [0.15, 0.2) is 18.6 Å². The zero-order chi connectivity index (χ0) is 20.8. The third kappa shape index (κ3) is 3.17. The van der Waals surface area contributed by atoms with Gasteiger partial charge in [0, 0.05) is 12.2 Å². The van der Waals surface area contributed by atoms with E-state index in [1.54, 1.807) is 6.20 Å². The number of carbonyl (C=O) groups excluding carboxylic acids is 1. The first-order valence-corrected chi connectivity index (χ1v) is 10.3. The van der Waals surface area contributed by atoms with Crippen molar-refractivity contribution < 1.29 is 13.9 Å². The van der Waals surface area contributed by atoms with E-state index in [0.29, 0.717) is 16.7 Å². The second kappa shape index (κ2) is 7.46. The molecular formula is C20H20ClFN6O2. The number of esters is 1. The third-order valence-corrected chi connectivity index (χ3v) is 6.51. The summed E-state index contributed by atoms with van der Waals surface area (Å²) in [5.74, 6) is -0.262. The van der Waals surface area contributed by atoms with E-state index in [-0.39, 0.29) is 46.6 Å². The van der Waals surface area contributed by atoms with E-state index in [1.807, 2.05) is 0 Å². The van der Waals surface area contributed by atoms with Gasteiger partial charge >= 0.3 is 5.97 Å². The lowest BCUT2D eigenvalue weighted by molar-refractivity contribution is -0.152. The minimum Gasteiger partial charge on any atom is -0.469 e. The number of nitrogens with zero attached hydrogens (tertiary/aromatic N) is 4. The summed E-state index contributed by atoms with van der Waals surface area (Å²) in [7, 11) is 1.40. The van der Waals surface area contributed by atoms with Crippen LogP contribution in [0.4, 0.5) is 10.2 Å². The Kier molecular flexibility index (Phi) is 4.77. The van der Waals surface area contributed by atoms with Crippen LogP contribution in [0.25, 0.3) is 22.6 Å². The highest BCUT2D eigenvalue weighted by molar-refractivity contribution is 6.29. The molecule has 156 valence electrons. The van der Waals surface area contributed by atoms with Gasteiger partial charge in [-0.1, -0.05) is 11.6 Å². The molecule has 3 heterocycles. The molecule has 0 spiro atoms. The molecule has 0 saturated heterocycles. The number of hydrogen-bond donors (Lipinski definition) is 2. The molecule has 8 nitrogen and oxygen atoms in total. The van der Waals surface area contributed by atoms with E-state index in [4.69, 9.17) is 16.3 Å². The van der Waals surface area contributed by atoms with Crippen molar-refractivity contribution in [1.82, 2.24) is 24.9 Å². The molecule has 2 bridgehead atoms. The summed E-state index contributed by atoms with van der Waals surface area (Å²) in [6.07, 6.45) is 8.23. The van der Waals surface area contributed by atoms with Gasteiger partial charge in [0.05, 0.1) is 31.0 Å². The standard InChI is InChI=1S/C20H20ClFN6O2/c1-30-20(29)14-9-2-4-10(5-3-9)15(14)27-18-12(22)7-24-17(28-18)11-6-23-19-16(11)26-13(21)8-25-19/h6-10,14-15H,2-5H2,1H3,(H,23,25)(H,24,27,28)/t9?,10?,14?,15-/m1/s1. The minimum atomic E-state index is -0.576. The number of nitrogens with one attached hydrogen (secondary N) is 2. The Morgan fingerprint density at radius 3 is 2.73 bits per heavy atom. The van der Waals surface area contributed by atoms with Crippen LogP contribution in [-0.2, 0) is 9.53 Å². The van der Waals surface area contributed by atoms with Crippen LogP contribution in [0.1, 0.15) is 25.7 Å². The molecule has 1 unspecified atom stereocenters. The maximum atomic E-state index is 14.6. The average Bonchev–Trinajstić information content (AvgIpc) is 3.18. The Labute approximate surface area is 176 Å². The van der Waals surface area contributed by atoms with Gasteiger partial charge in [-0.3, -0.25) is 4.79 Å². The second-order valence-corrected chi connectivity index (χ2v) is 8.26. The van der Waals surface area contributed by atoms with E-state index in [0.717, 1.165) is 31.9 Å². The topological polar surface area (TPSA) is 106 Å². The lowest BCUT2D eigenvalue weighted by atomic mass is 9.61. The first-order valence-electron chi connectivity index (χ1n) is 9.92. The van der Waals surface area contributed by atoms with Crippen LogP contribution >= 0.6 is 11.6 Å². The molecule has 6 rings (SSSR count). The number of ether oxygens (including phenoxy) is 1. The largest absolute Gasteiger partial charge is 0.469 e. The van der Waals surface area contributed by atoms with Crippen molar-refractivity contribution in [2.24, 2.45) is 17.8 Å². The van der Waals surface area contributed by atoms with Crippen molar-refractivity contribution in [2.45, 2.75) is 31.7 Å². The molecular weight excluding hydrogens is 411 g/mol. The highest BCUT2D eigenvalue weighted by Crippen LogP contribution is 2.46. The number of rotatable bonds is 4. The number of anilines is 1. The van der Waals surface area contributed by atoms with Crippen LogP contribution < -0.4 is 5.32 Å². The Morgan fingerprint density at radius 1 is 1.20 bits per heavy atom. The number of aromatic amines is 1. The Hall–Kier alpha value is -2.81. The highest BCUT2D eigenvalue weighted by atomic mass is 35.5. The molecule has 3 aliphatic carbocycles. The van der Waals surface area contributed by atoms with Crippen molar-refractivity contribution in [3.05, 3.63) is 29.6 Å². The predicted octanol–water partition coefficient (Wildman–Crippen LogP) is 3.60. The van der Waals surface area contributed by atoms with Gasteiger partial charge < -0.3 is 15.0 Å². The van der Waals surface area contributed by atoms with E-state index in [2.05, 4.69) is 30.2 Å². The SMILES string of the molecule is COC(=O)C1C2CCC(CC2)[C@H]1Nc1nc(-c2c[nH]c3ncc(Cl)nc23)ncc1F. The summed E-state index contributed by atoms with van der Waals surface area (Å²) in [6, 6.07) is -0.223. The van der Waals surface area contributed by atoms with Gasteiger partial charge in [0.15, 0.2) is 23.1 Å². The molecule has 0 aromatic carbocycles. The normalized spacial score (nSPS) is 25.4. The molecule has 10 heteroatoms. The summed E-state index contributed by atoms with van der Waals surface area (Å²) >= 11 is 5.97. The molecule has 0 amide bonds. The van der Waals surface area contributed by atoms with Crippen molar-refractivity contribution in [3.63, 3.8) is 0 Å². The first-order chi connectivity index (χ1) is 14.5. The van der Waals surface area contributed by atoms with Crippen LogP contribution in [0.3, 0.4) is 0 Å². The Morgan fingerprint density at radius 2 is 1.97 bits per heavy atom. The van der Waals surface area contributed by atoms with Crippen molar-refractivity contribution in [1.29, 1.82) is 0 Å². The molecule has 3 aromatic rings. The maximum absolute atomic E-state index is 14.6. The monoisotopic (exact) mass is 430 g/mol. The Balaban J connectivity index is 1.50. The van der Waals surface area contributed by atoms with Gasteiger partial charge in [-0.25, -0.2) is 24.3 Å².